The highest BCUT2D eigenvalue weighted by Crippen LogP contribution is 2.15. The minimum absolute atomic E-state index is 0.250. The van der Waals surface area contributed by atoms with E-state index >= 15 is 0 Å². The van der Waals surface area contributed by atoms with Gasteiger partial charge in [0.25, 0.3) is 0 Å². The Balaban J connectivity index is 0.000000251. The SMILES string of the molecule is Cc1ccc2occc2c1.O=C=O. The van der Waals surface area contributed by atoms with Crippen LogP contribution in [0.4, 0.5) is 0 Å². The van der Waals surface area contributed by atoms with Crippen LogP contribution in [-0.4, -0.2) is 6.15 Å². The molecule has 0 bridgehead atoms. The van der Waals surface area contributed by atoms with E-state index in [-0.39, 0.29) is 6.15 Å². The lowest BCUT2D eigenvalue weighted by molar-refractivity contribution is -0.191. The molecule has 2 aromatic rings. The molecule has 1 aromatic heterocycles. The zero-order valence-corrected chi connectivity index (χ0v) is 7.11. The predicted molar refractivity (Wildman–Crippen MR) is 46.0 cm³/mol. The van der Waals surface area contributed by atoms with Crippen molar-refractivity contribution in [3.63, 3.8) is 0 Å². The first kappa shape index (κ1) is 9.23. The average Bonchev–Trinajstić information content (AvgIpc) is 2.52. The number of benzene rings is 1. The van der Waals surface area contributed by atoms with Crippen LogP contribution in [0.15, 0.2) is 34.9 Å². The van der Waals surface area contributed by atoms with Crippen molar-refractivity contribution in [3.8, 4) is 0 Å². The first-order valence-corrected chi connectivity index (χ1v) is 3.71. The van der Waals surface area contributed by atoms with Crippen molar-refractivity contribution in [1.29, 1.82) is 0 Å². The Morgan fingerprint density at radius 2 is 1.92 bits per heavy atom. The van der Waals surface area contributed by atoms with Gasteiger partial charge in [0, 0.05) is 5.39 Å². The molecule has 0 amide bonds. The molecule has 0 atom stereocenters. The fourth-order valence-electron chi connectivity index (χ4n) is 1.09. The Bertz CT molecular complexity index is 422. The number of furan rings is 1. The summed E-state index contributed by atoms with van der Waals surface area (Å²) in [6.07, 6.45) is 1.96. The molecule has 0 spiro atoms. The van der Waals surface area contributed by atoms with Gasteiger partial charge in [-0.25, -0.2) is 0 Å². The quantitative estimate of drug-likeness (QED) is 0.617. The Morgan fingerprint density at radius 1 is 1.23 bits per heavy atom. The van der Waals surface area contributed by atoms with E-state index in [1.165, 1.54) is 10.9 Å². The Kier molecular flexibility index (Phi) is 3.01. The van der Waals surface area contributed by atoms with E-state index in [9.17, 15) is 0 Å². The van der Waals surface area contributed by atoms with Crippen LogP contribution in [0.1, 0.15) is 5.56 Å². The molecule has 3 heteroatoms. The van der Waals surface area contributed by atoms with Gasteiger partial charge < -0.3 is 4.42 Å². The van der Waals surface area contributed by atoms with Crippen molar-refractivity contribution >= 4 is 17.1 Å². The van der Waals surface area contributed by atoms with E-state index in [0.29, 0.717) is 0 Å². The molecule has 1 aromatic carbocycles. The lowest BCUT2D eigenvalue weighted by Gasteiger charge is -1.89. The predicted octanol–water partition coefficient (Wildman–Crippen LogP) is 2.16. The van der Waals surface area contributed by atoms with Gasteiger partial charge in [-0.3, -0.25) is 0 Å². The minimum Gasteiger partial charge on any atom is -0.464 e. The molecule has 0 saturated carbocycles. The van der Waals surface area contributed by atoms with Crippen molar-refractivity contribution < 1.29 is 14.0 Å². The van der Waals surface area contributed by atoms with Gasteiger partial charge in [-0.2, -0.15) is 9.59 Å². The molecule has 0 radical (unpaired) electrons. The minimum atomic E-state index is 0.250. The fraction of sp³-hybridized carbons (Fsp3) is 0.100. The second kappa shape index (κ2) is 4.24. The van der Waals surface area contributed by atoms with Gasteiger partial charge in [0.15, 0.2) is 0 Å². The van der Waals surface area contributed by atoms with E-state index in [4.69, 9.17) is 14.0 Å². The molecular formula is C10H8O3. The van der Waals surface area contributed by atoms with Crippen LogP contribution in [0.5, 0.6) is 0 Å². The van der Waals surface area contributed by atoms with Gasteiger partial charge in [-0.1, -0.05) is 11.6 Å². The maximum atomic E-state index is 8.12. The van der Waals surface area contributed by atoms with Crippen molar-refractivity contribution in [2.45, 2.75) is 6.92 Å². The molecule has 0 aliphatic rings. The largest absolute Gasteiger partial charge is 0.464 e. The van der Waals surface area contributed by atoms with Gasteiger partial charge in [0.1, 0.15) is 5.58 Å². The summed E-state index contributed by atoms with van der Waals surface area (Å²) < 4.78 is 5.17. The Morgan fingerprint density at radius 3 is 2.62 bits per heavy atom. The third kappa shape index (κ3) is 2.29. The van der Waals surface area contributed by atoms with E-state index in [1.54, 1.807) is 6.26 Å². The lowest BCUT2D eigenvalue weighted by Crippen LogP contribution is -1.67. The molecule has 0 aliphatic heterocycles. The van der Waals surface area contributed by atoms with Crippen LogP contribution in [0, 0.1) is 6.92 Å². The van der Waals surface area contributed by atoms with Gasteiger partial charge in [-0.05, 0) is 25.1 Å². The second-order valence-electron chi connectivity index (χ2n) is 2.55. The Labute approximate surface area is 75.0 Å². The van der Waals surface area contributed by atoms with Crippen LogP contribution in [0.3, 0.4) is 0 Å². The number of rotatable bonds is 0. The topological polar surface area (TPSA) is 47.3 Å². The first-order valence-electron chi connectivity index (χ1n) is 3.71. The highest BCUT2D eigenvalue weighted by atomic mass is 16.3. The number of aryl methyl sites for hydroxylation is 1. The highest BCUT2D eigenvalue weighted by Gasteiger charge is 1.93. The summed E-state index contributed by atoms with van der Waals surface area (Å²) in [7, 11) is 0. The average molecular weight is 176 g/mol. The molecule has 0 fully saturated rings. The second-order valence-corrected chi connectivity index (χ2v) is 2.55. The summed E-state index contributed by atoms with van der Waals surface area (Å²) in [5, 5.41) is 1.18. The van der Waals surface area contributed by atoms with Crippen LogP contribution >= 0.6 is 0 Å². The summed E-state index contributed by atoms with van der Waals surface area (Å²) in [5.74, 6) is 0. The normalized spacial score (nSPS) is 8.69. The van der Waals surface area contributed by atoms with E-state index in [2.05, 4.69) is 13.0 Å². The summed E-state index contributed by atoms with van der Waals surface area (Å²) in [6.45, 7) is 2.08. The number of hydrogen-bond donors (Lipinski definition) is 0. The summed E-state index contributed by atoms with van der Waals surface area (Å²) in [5.41, 5.74) is 2.24. The van der Waals surface area contributed by atoms with Gasteiger partial charge >= 0.3 is 6.15 Å². The maximum Gasteiger partial charge on any atom is 0.373 e. The number of hydrogen-bond acceptors (Lipinski definition) is 3. The fourth-order valence-corrected chi connectivity index (χ4v) is 1.09. The third-order valence-corrected chi connectivity index (χ3v) is 1.61. The molecule has 0 saturated heterocycles. The maximum absolute atomic E-state index is 8.12. The van der Waals surface area contributed by atoms with Crippen LogP contribution in [0.2, 0.25) is 0 Å². The van der Waals surface area contributed by atoms with Crippen LogP contribution < -0.4 is 0 Å². The smallest absolute Gasteiger partial charge is 0.373 e. The van der Waals surface area contributed by atoms with Gasteiger partial charge in [0.05, 0.1) is 6.26 Å². The summed E-state index contributed by atoms with van der Waals surface area (Å²) >= 11 is 0. The zero-order chi connectivity index (χ0) is 9.68. The molecular weight excluding hydrogens is 168 g/mol. The molecule has 2 rings (SSSR count). The number of fused-ring (bicyclic) bond motifs is 1. The first-order chi connectivity index (χ1) is 6.27. The summed E-state index contributed by atoms with van der Waals surface area (Å²) in [4.78, 5) is 16.2. The zero-order valence-electron chi connectivity index (χ0n) is 7.11. The molecule has 3 nitrogen and oxygen atoms in total. The van der Waals surface area contributed by atoms with Crippen molar-refractivity contribution in [1.82, 2.24) is 0 Å². The molecule has 66 valence electrons. The molecule has 1 heterocycles. The standard InChI is InChI=1S/C9H8O.CO2/c1-7-2-3-9-8(6-7)4-5-10-9;2-1-3/h2-6H,1H3;. The molecule has 13 heavy (non-hydrogen) atoms. The lowest BCUT2D eigenvalue weighted by atomic mass is 10.2. The van der Waals surface area contributed by atoms with Crippen molar-refractivity contribution in [3.05, 3.63) is 36.1 Å². The van der Waals surface area contributed by atoms with Crippen molar-refractivity contribution in [2.24, 2.45) is 0 Å². The molecule has 0 N–H and O–H groups in total. The summed E-state index contributed by atoms with van der Waals surface area (Å²) in [6, 6.07) is 8.12. The van der Waals surface area contributed by atoms with E-state index in [1.807, 2.05) is 18.2 Å². The van der Waals surface area contributed by atoms with Gasteiger partial charge in [-0.15, -0.1) is 0 Å². The third-order valence-electron chi connectivity index (χ3n) is 1.61. The number of carbonyl (C=O) groups excluding carboxylic acids is 2. The Hall–Kier alpha value is -1.86. The highest BCUT2D eigenvalue weighted by molar-refractivity contribution is 5.77. The molecule has 0 unspecified atom stereocenters. The monoisotopic (exact) mass is 176 g/mol. The van der Waals surface area contributed by atoms with Crippen LogP contribution in [0.25, 0.3) is 11.0 Å². The van der Waals surface area contributed by atoms with Crippen molar-refractivity contribution in [2.75, 3.05) is 0 Å². The van der Waals surface area contributed by atoms with E-state index < -0.39 is 0 Å². The van der Waals surface area contributed by atoms with E-state index in [0.717, 1.165) is 5.58 Å². The van der Waals surface area contributed by atoms with Crippen LogP contribution in [-0.2, 0) is 9.59 Å². The van der Waals surface area contributed by atoms with Gasteiger partial charge in [0.2, 0.25) is 0 Å². The molecule has 0 aliphatic carbocycles.